The van der Waals surface area contributed by atoms with Gasteiger partial charge in [-0.1, -0.05) is 20.8 Å². The molecule has 0 radical (unpaired) electrons. The molecule has 0 amide bonds. The van der Waals surface area contributed by atoms with E-state index in [1.54, 1.807) is 6.92 Å². The van der Waals surface area contributed by atoms with Gasteiger partial charge in [-0.25, -0.2) is 4.79 Å². The summed E-state index contributed by atoms with van der Waals surface area (Å²) in [5, 5.41) is 10.1. The zero-order valence-electron chi connectivity index (χ0n) is 12.1. The summed E-state index contributed by atoms with van der Waals surface area (Å²) in [4.78, 5) is 27.8. The quantitative estimate of drug-likeness (QED) is 0.797. The van der Waals surface area contributed by atoms with Crippen LogP contribution >= 0.6 is 0 Å². The highest BCUT2D eigenvalue weighted by molar-refractivity contribution is 5.23. The predicted octanol–water partition coefficient (Wildman–Crippen LogP) is 0.707. The first-order valence-electron chi connectivity index (χ1n) is 6.75. The van der Waals surface area contributed by atoms with Gasteiger partial charge in [-0.3, -0.25) is 14.3 Å². The molecule has 108 valence electrons. The number of aromatic amines is 1. The third-order valence-corrected chi connectivity index (χ3v) is 3.42. The average molecular weight is 269 g/mol. The molecule has 0 bridgehead atoms. The van der Waals surface area contributed by atoms with Gasteiger partial charge in [0.25, 0.3) is 5.56 Å². The van der Waals surface area contributed by atoms with Crippen LogP contribution in [0.2, 0.25) is 0 Å². The molecular formula is C13H23N3O3. The maximum atomic E-state index is 11.9. The molecule has 0 saturated carbocycles. The van der Waals surface area contributed by atoms with Crippen molar-refractivity contribution < 1.29 is 5.11 Å². The molecule has 0 aliphatic heterocycles. The van der Waals surface area contributed by atoms with E-state index in [4.69, 9.17) is 0 Å². The summed E-state index contributed by atoms with van der Waals surface area (Å²) in [6.07, 6.45) is 0.388. The minimum atomic E-state index is -0.556. The summed E-state index contributed by atoms with van der Waals surface area (Å²) in [5.74, 6) is -0.212. The van der Waals surface area contributed by atoms with Gasteiger partial charge in [-0.2, -0.15) is 0 Å². The Morgan fingerprint density at radius 3 is 2.32 bits per heavy atom. The lowest BCUT2D eigenvalue weighted by molar-refractivity contribution is 0.245. The highest BCUT2D eigenvalue weighted by atomic mass is 16.3. The van der Waals surface area contributed by atoms with Crippen molar-refractivity contribution >= 4 is 0 Å². The molecule has 1 unspecified atom stereocenters. The van der Waals surface area contributed by atoms with Gasteiger partial charge in [0.05, 0.1) is 11.6 Å². The van der Waals surface area contributed by atoms with Crippen molar-refractivity contribution in [3.8, 4) is 5.88 Å². The number of nitrogens with one attached hydrogen (secondary N) is 1. The second-order valence-corrected chi connectivity index (χ2v) is 4.62. The molecule has 1 aromatic heterocycles. The highest BCUT2D eigenvalue weighted by Crippen LogP contribution is 2.16. The minimum Gasteiger partial charge on any atom is -0.494 e. The van der Waals surface area contributed by atoms with Gasteiger partial charge < -0.3 is 10.0 Å². The van der Waals surface area contributed by atoms with Crippen molar-refractivity contribution in [2.45, 2.75) is 40.2 Å². The summed E-state index contributed by atoms with van der Waals surface area (Å²) in [7, 11) is 0. The summed E-state index contributed by atoms with van der Waals surface area (Å²) in [6, 6.07) is -0.199. The second kappa shape index (κ2) is 6.56. The monoisotopic (exact) mass is 269 g/mol. The van der Waals surface area contributed by atoms with Crippen LogP contribution in [0.5, 0.6) is 5.88 Å². The van der Waals surface area contributed by atoms with Crippen LogP contribution < -0.4 is 11.2 Å². The fourth-order valence-electron chi connectivity index (χ4n) is 2.24. The van der Waals surface area contributed by atoms with Gasteiger partial charge in [0, 0.05) is 6.54 Å². The van der Waals surface area contributed by atoms with Gasteiger partial charge in [0.1, 0.15) is 0 Å². The number of hydrogen-bond donors (Lipinski definition) is 2. The fraction of sp³-hybridized carbons (Fsp3) is 0.692. The SMILES string of the molecule is CCc1c(O)n(C(C)CN(CC)CC)c(=O)[nH]c1=O. The number of likely N-dealkylation sites (N-methyl/N-ethyl adjacent to an activating group) is 1. The fourth-order valence-corrected chi connectivity index (χ4v) is 2.24. The van der Waals surface area contributed by atoms with Crippen LogP contribution in [0.15, 0.2) is 9.59 Å². The van der Waals surface area contributed by atoms with Crippen molar-refractivity contribution in [2.24, 2.45) is 0 Å². The summed E-state index contributed by atoms with van der Waals surface area (Å²) in [6.45, 7) is 10.1. The molecule has 0 fully saturated rings. The van der Waals surface area contributed by atoms with Crippen LogP contribution in [0.1, 0.15) is 39.3 Å². The van der Waals surface area contributed by atoms with Crippen LogP contribution in [0.25, 0.3) is 0 Å². The zero-order chi connectivity index (χ0) is 14.6. The Kier molecular flexibility index (Phi) is 5.35. The molecule has 6 nitrogen and oxygen atoms in total. The largest absolute Gasteiger partial charge is 0.494 e. The van der Waals surface area contributed by atoms with E-state index in [1.165, 1.54) is 4.57 Å². The second-order valence-electron chi connectivity index (χ2n) is 4.62. The first-order valence-corrected chi connectivity index (χ1v) is 6.75. The maximum Gasteiger partial charge on any atom is 0.331 e. The number of hydrogen-bond acceptors (Lipinski definition) is 4. The van der Waals surface area contributed by atoms with Crippen LogP contribution in [0, 0.1) is 0 Å². The molecular weight excluding hydrogens is 246 g/mol. The zero-order valence-corrected chi connectivity index (χ0v) is 12.1. The number of H-pyrrole nitrogens is 1. The van der Waals surface area contributed by atoms with Crippen LogP contribution in [0.4, 0.5) is 0 Å². The van der Waals surface area contributed by atoms with E-state index in [0.717, 1.165) is 13.1 Å². The first-order chi connectivity index (χ1) is 8.96. The van der Waals surface area contributed by atoms with Crippen molar-refractivity contribution in [1.29, 1.82) is 0 Å². The molecule has 0 aliphatic carbocycles. The molecule has 0 aliphatic rings. The molecule has 2 N–H and O–H groups in total. The van der Waals surface area contributed by atoms with Crippen molar-refractivity contribution in [2.75, 3.05) is 19.6 Å². The predicted molar refractivity (Wildman–Crippen MR) is 74.9 cm³/mol. The van der Waals surface area contributed by atoms with Gasteiger partial charge in [-0.05, 0) is 26.4 Å². The lowest BCUT2D eigenvalue weighted by Crippen LogP contribution is -2.38. The summed E-state index contributed by atoms with van der Waals surface area (Å²) >= 11 is 0. The third kappa shape index (κ3) is 3.26. The Morgan fingerprint density at radius 2 is 1.84 bits per heavy atom. The lowest BCUT2D eigenvalue weighted by atomic mass is 10.2. The van der Waals surface area contributed by atoms with Gasteiger partial charge in [0.2, 0.25) is 5.88 Å². The van der Waals surface area contributed by atoms with E-state index in [2.05, 4.69) is 9.88 Å². The maximum absolute atomic E-state index is 11.9. The Balaban J connectivity index is 3.20. The van der Waals surface area contributed by atoms with E-state index in [0.29, 0.717) is 13.0 Å². The van der Waals surface area contributed by atoms with E-state index in [9.17, 15) is 14.7 Å². The Bertz CT molecular complexity index is 529. The Morgan fingerprint density at radius 1 is 1.26 bits per heavy atom. The van der Waals surface area contributed by atoms with Crippen LogP contribution in [0.3, 0.4) is 0 Å². The van der Waals surface area contributed by atoms with Gasteiger partial charge >= 0.3 is 5.69 Å². The first kappa shape index (κ1) is 15.5. The van der Waals surface area contributed by atoms with Crippen LogP contribution in [-0.4, -0.2) is 39.2 Å². The highest BCUT2D eigenvalue weighted by Gasteiger charge is 2.18. The lowest BCUT2D eigenvalue weighted by Gasteiger charge is -2.24. The molecule has 1 atom stereocenters. The molecule has 1 aromatic rings. The molecule has 1 rings (SSSR count). The molecule has 19 heavy (non-hydrogen) atoms. The number of aromatic nitrogens is 2. The third-order valence-electron chi connectivity index (χ3n) is 3.42. The summed E-state index contributed by atoms with van der Waals surface area (Å²) < 4.78 is 1.26. The molecule has 6 heteroatoms. The average Bonchev–Trinajstić information content (AvgIpc) is 2.35. The van der Waals surface area contributed by atoms with Crippen molar-refractivity contribution in [1.82, 2.24) is 14.5 Å². The number of rotatable bonds is 6. The van der Waals surface area contributed by atoms with E-state index >= 15 is 0 Å². The smallest absolute Gasteiger partial charge is 0.331 e. The van der Waals surface area contributed by atoms with Crippen molar-refractivity contribution in [3.63, 3.8) is 0 Å². The van der Waals surface area contributed by atoms with Crippen LogP contribution in [-0.2, 0) is 6.42 Å². The minimum absolute atomic E-state index is 0.199. The molecule has 1 heterocycles. The topological polar surface area (TPSA) is 78.3 Å². The standard InChI is InChI=1S/C13H23N3O3/c1-5-10-11(17)14-13(19)16(12(10)18)9(4)8-15(6-2)7-3/h9,18H,5-8H2,1-4H3,(H,14,17,19). The number of aromatic hydroxyl groups is 1. The van der Waals surface area contributed by atoms with Gasteiger partial charge in [0.15, 0.2) is 0 Å². The molecule has 0 spiro atoms. The number of nitrogens with zero attached hydrogens (tertiary/aromatic N) is 2. The van der Waals surface area contributed by atoms with E-state index in [-0.39, 0.29) is 17.5 Å². The van der Waals surface area contributed by atoms with Gasteiger partial charge in [-0.15, -0.1) is 0 Å². The van der Waals surface area contributed by atoms with Crippen molar-refractivity contribution in [3.05, 3.63) is 26.4 Å². The molecule has 0 saturated heterocycles. The Hall–Kier alpha value is -1.56. The Labute approximate surface area is 112 Å². The van der Waals surface area contributed by atoms with E-state index in [1.807, 2.05) is 20.8 Å². The molecule has 0 aromatic carbocycles. The normalized spacial score (nSPS) is 12.9. The van der Waals surface area contributed by atoms with E-state index < -0.39 is 11.2 Å². The summed E-state index contributed by atoms with van der Waals surface area (Å²) in [5.41, 5.74) is -0.804.